The maximum Gasteiger partial charge on any atom is 0.131 e. The molecule has 0 spiro atoms. The van der Waals surface area contributed by atoms with Crippen molar-refractivity contribution in [2.45, 2.75) is 439 Å². The number of unbranched alkanes of at least 4 members (excludes halogenated alkanes) is 60. The number of hydrogen-bond donors (Lipinski definition) is 2. The lowest BCUT2D eigenvalue weighted by Crippen LogP contribution is -2.11. The van der Waals surface area contributed by atoms with Crippen LogP contribution in [0.5, 0.6) is 46.0 Å². The van der Waals surface area contributed by atoms with Crippen LogP contribution in [0.4, 0.5) is 0 Å². The molecule has 3 aromatic heterocycles. The molecule has 0 radical (unpaired) electrons. The smallest absolute Gasteiger partial charge is 0.131 e. The fraction of sp³-hybridized carbons (Fsp3) is 0.603. The van der Waals surface area contributed by atoms with Gasteiger partial charge in [0.15, 0.2) is 0 Å². The predicted octanol–water partition coefficient (Wildman–Crippen LogP) is 39.1. The van der Waals surface area contributed by atoms with E-state index in [1.54, 1.807) is 0 Å². The molecule has 6 aliphatic heterocycles. The Labute approximate surface area is 837 Å². The Bertz CT molecular complexity index is 4490. The van der Waals surface area contributed by atoms with E-state index >= 15 is 0 Å². The highest BCUT2D eigenvalue weighted by Gasteiger charge is 2.24. The molecule has 9 heterocycles. The number of aromatic amines is 2. The predicted molar refractivity (Wildman–Crippen MR) is 589 cm³/mol. The van der Waals surface area contributed by atoms with Crippen molar-refractivity contribution in [3.05, 3.63) is 156 Å². The molecule has 8 aromatic rings. The number of H-pyrrole nitrogens is 2. The molecule has 0 atom stereocenters. The van der Waals surface area contributed by atoms with Gasteiger partial charge in [-0.25, -0.2) is 9.97 Å². The van der Waals surface area contributed by atoms with Crippen molar-refractivity contribution in [1.82, 2.24) is 19.9 Å². The lowest BCUT2D eigenvalue weighted by Gasteiger charge is -2.16. The molecule has 2 N–H and O–H groups in total. The fourth-order valence-corrected chi connectivity index (χ4v) is 20.3. The SMILES string of the molecule is CCCCCCCCCCCCCCCCCCOc1ccc(-c2c3nc(c4c5ccc([nH]5)c(-c5ccc(OCCCCCCCCCCCCCCCCCC)cc5)c5nc(c(c6ccc2[nH]6)-c2ccc(OCCCCCCCCCCCCCCCCCC)cc2OCCOc2ccc(cc2)OCCOc2cc(OCCCCCCCCCCCCCCCCCC)ccc2-4)C=C5)C=C3)cc1. The largest absolute Gasteiger partial charge is 0.494 e. The first-order chi connectivity index (χ1) is 68.5. The van der Waals surface area contributed by atoms with E-state index in [9.17, 15) is 0 Å². The minimum atomic E-state index is 0.259. The van der Waals surface area contributed by atoms with Gasteiger partial charge in [-0.2, -0.15) is 0 Å². The van der Waals surface area contributed by atoms with Gasteiger partial charge in [0.2, 0.25) is 0 Å². The van der Waals surface area contributed by atoms with Crippen molar-refractivity contribution < 1.29 is 37.9 Å². The number of aromatic nitrogens is 4. The summed E-state index contributed by atoms with van der Waals surface area (Å²) in [6.45, 7) is 12.9. The monoisotopic (exact) mass is 1880 g/mol. The summed E-state index contributed by atoms with van der Waals surface area (Å²) in [5, 5.41) is 0. The van der Waals surface area contributed by atoms with E-state index in [1.165, 1.54) is 372 Å². The van der Waals surface area contributed by atoms with E-state index < -0.39 is 0 Å². The summed E-state index contributed by atoms with van der Waals surface area (Å²) in [6, 6.07) is 46.7. The van der Waals surface area contributed by atoms with Gasteiger partial charge >= 0.3 is 0 Å². The molecular weight excluding hydrogens is 1700 g/mol. The van der Waals surface area contributed by atoms with Gasteiger partial charge in [0.25, 0.3) is 0 Å². The van der Waals surface area contributed by atoms with Gasteiger partial charge < -0.3 is 47.9 Å². The molecule has 12 nitrogen and oxygen atoms in total. The standard InChI is InChI=1S/C126H184N4O8/c1-5-9-13-17-21-25-29-33-37-41-45-49-53-57-61-65-93-131-105-73-69-103(70-74-105)123-113-85-89-117(127-113)125-111-83-81-109(133-95-67-63-59-55-51-47-43-39-35-31-27-23-19-15-11-7-3)101-121(111)137-99-97-135-107-77-79-108(80-78-107)136-98-100-138-122-102-110(134-96-68-64-60-56-52-48-44-40-36-32-28-24-20-16-12-8-4)82-84-112(122)126(118-90-86-114(123)128-118)120-92-88-116(130-120)124(115-87-91-119(125)129-115)104-71-75-106(76-72-104)132-94-66-62-58-54-50-46-42-38-34-30-26-22-18-14-10-6-2/h69-92,101-102,127,130H,5-68,93-100H2,1-4H3. The topological polar surface area (TPSA) is 131 Å². The molecule has 14 rings (SSSR count). The van der Waals surface area contributed by atoms with Gasteiger partial charge in [0, 0.05) is 67.6 Å². The van der Waals surface area contributed by atoms with Crippen molar-refractivity contribution in [2.24, 2.45) is 0 Å². The van der Waals surface area contributed by atoms with Crippen molar-refractivity contribution in [1.29, 1.82) is 0 Å². The molecular formula is C126H184N4O8. The second-order valence-electron chi connectivity index (χ2n) is 40.3. The van der Waals surface area contributed by atoms with Crippen LogP contribution in [0.3, 0.4) is 0 Å². The van der Waals surface area contributed by atoms with E-state index in [2.05, 4.69) is 171 Å². The third-order valence-electron chi connectivity index (χ3n) is 28.6. The lowest BCUT2D eigenvalue weighted by atomic mass is 10.0. The average molecular weight is 1880 g/mol. The third-order valence-corrected chi connectivity index (χ3v) is 28.6. The fourth-order valence-electron chi connectivity index (χ4n) is 20.3. The van der Waals surface area contributed by atoms with E-state index in [0.717, 1.165) is 151 Å². The Hall–Kier alpha value is -8.90. The number of benzene rings is 5. The molecule has 5 aromatic carbocycles. The van der Waals surface area contributed by atoms with E-state index in [-0.39, 0.29) is 26.4 Å². The van der Waals surface area contributed by atoms with Gasteiger partial charge in [-0.1, -0.05) is 437 Å². The zero-order valence-electron chi connectivity index (χ0n) is 87.1. The van der Waals surface area contributed by atoms with Crippen LogP contribution in [0, 0.1) is 0 Å². The van der Waals surface area contributed by atoms with Crippen molar-refractivity contribution in [3.8, 4) is 90.5 Å². The summed E-state index contributed by atoms with van der Waals surface area (Å²) in [5.74, 6) is 5.99. The maximum absolute atomic E-state index is 7.08. The first-order valence-corrected chi connectivity index (χ1v) is 57.2. The molecule has 12 heteroatoms. The van der Waals surface area contributed by atoms with Crippen LogP contribution >= 0.6 is 0 Å². The highest BCUT2D eigenvalue weighted by molar-refractivity contribution is 6.01. The van der Waals surface area contributed by atoms with Gasteiger partial charge in [-0.15, -0.1) is 0 Å². The normalized spacial score (nSPS) is 12.5. The van der Waals surface area contributed by atoms with Crippen molar-refractivity contribution in [2.75, 3.05) is 52.9 Å². The Morgan fingerprint density at radius 2 is 0.413 bits per heavy atom. The number of hydrogen-bond acceptors (Lipinski definition) is 10. The summed E-state index contributed by atoms with van der Waals surface area (Å²) in [7, 11) is 0. The van der Waals surface area contributed by atoms with Gasteiger partial charge in [-0.05, 0) is 158 Å². The summed E-state index contributed by atoms with van der Waals surface area (Å²) in [5.41, 5.74) is 14.0. The summed E-state index contributed by atoms with van der Waals surface area (Å²) in [4.78, 5) is 19.8. The zero-order valence-corrected chi connectivity index (χ0v) is 87.1. The van der Waals surface area contributed by atoms with Gasteiger partial charge in [-0.3, -0.25) is 0 Å². The molecule has 138 heavy (non-hydrogen) atoms. The van der Waals surface area contributed by atoms with E-state index in [0.29, 0.717) is 49.4 Å². The zero-order chi connectivity index (χ0) is 95.6. The minimum Gasteiger partial charge on any atom is -0.494 e. The van der Waals surface area contributed by atoms with Crippen molar-refractivity contribution in [3.63, 3.8) is 0 Å². The van der Waals surface area contributed by atoms with Crippen LogP contribution in [0.25, 0.3) is 90.9 Å². The van der Waals surface area contributed by atoms with Crippen LogP contribution in [0.15, 0.2) is 133 Å². The second kappa shape index (κ2) is 69.1. The minimum absolute atomic E-state index is 0.259. The van der Waals surface area contributed by atoms with Crippen LogP contribution in [0.1, 0.15) is 461 Å². The average Bonchev–Trinajstić information content (AvgIpc) is 1.60. The summed E-state index contributed by atoms with van der Waals surface area (Å²) in [6.07, 6.45) is 93.8. The quantitative estimate of drug-likeness (QED) is 0.0355. The Kier molecular flexibility index (Phi) is 54.8. The maximum atomic E-state index is 7.08. The molecule has 0 saturated heterocycles. The first kappa shape index (κ1) is 109. The lowest BCUT2D eigenvalue weighted by molar-refractivity contribution is 0.213. The Morgan fingerprint density at radius 3 is 0.659 bits per heavy atom. The highest BCUT2D eigenvalue weighted by Crippen LogP contribution is 2.45. The summed E-state index contributed by atoms with van der Waals surface area (Å²) >= 11 is 0. The molecule has 6 aliphatic rings. The Morgan fingerprint density at radius 1 is 0.210 bits per heavy atom. The first-order valence-electron chi connectivity index (χ1n) is 57.2. The molecule has 0 saturated carbocycles. The number of nitrogens with one attached hydrogen (secondary N) is 2. The third kappa shape index (κ3) is 41.3. The Balaban J connectivity index is 0.904. The number of nitrogens with zero attached hydrogens (tertiary/aromatic N) is 2. The highest BCUT2D eigenvalue weighted by atomic mass is 16.5. The molecule has 0 unspecified atom stereocenters. The second-order valence-corrected chi connectivity index (χ2v) is 40.3. The van der Waals surface area contributed by atoms with Gasteiger partial charge in [0.05, 0.1) is 49.2 Å². The van der Waals surface area contributed by atoms with Crippen LogP contribution in [-0.4, -0.2) is 72.8 Å². The van der Waals surface area contributed by atoms with Crippen LogP contribution in [-0.2, 0) is 0 Å². The van der Waals surface area contributed by atoms with E-state index in [4.69, 9.17) is 47.9 Å². The molecule has 756 valence electrons. The number of rotatable bonds is 74. The van der Waals surface area contributed by atoms with Crippen LogP contribution < -0.4 is 37.9 Å². The molecule has 0 amide bonds. The molecule has 12 bridgehead atoms. The van der Waals surface area contributed by atoms with Gasteiger partial charge in [0.1, 0.15) is 72.4 Å². The molecule has 0 aliphatic carbocycles. The number of ether oxygens (including phenoxy) is 8. The molecule has 0 fully saturated rings. The summed E-state index contributed by atoms with van der Waals surface area (Å²) < 4.78 is 53.8. The van der Waals surface area contributed by atoms with Crippen molar-refractivity contribution >= 4 is 46.4 Å². The van der Waals surface area contributed by atoms with Crippen LogP contribution in [0.2, 0.25) is 0 Å². The van der Waals surface area contributed by atoms with E-state index in [1.807, 2.05) is 24.3 Å².